The van der Waals surface area contributed by atoms with Crippen molar-refractivity contribution in [2.75, 3.05) is 11.1 Å². The van der Waals surface area contributed by atoms with Crippen LogP contribution in [0.25, 0.3) is 10.9 Å². The summed E-state index contributed by atoms with van der Waals surface area (Å²) in [5.41, 5.74) is 10.5. The molecule has 0 atom stereocenters. The first kappa shape index (κ1) is 13.9. The Morgan fingerprint density at radius 3 is 2.95 bits per heavy atom. The maximum absolute atomic E-state index is 6.12. The molecule has 0 aliphatic heterocycles. The number of rotatable bonds is 3. The number of fused-ring (bicyclic) bond motifs is 1. The van der Waals surface area contributed by atoms with E-state index in [1.807, 2.05) is 31.4 Å². The summed E-state index contributed by atoms with van der Waals surface area (Å²) in [6.07, 6.45) is 4.50. The van der Waals surface area contributed by atoms with Gasteiger partial charge in [-0.05, 0) is 24.6 Å². The fourth-order valence-corrected chi connectivity index (χ4v) is 2.72. The van der Waals surface area contributed by atoms with Crippen LogP contribution >= 0.6 is 15.9 Å². The van der Waals surface area contributed by atoms with Crippen LogP contribution in [0.5, 0.6) is 0 Å². The Kier molecular flexibility index (Phi) is 3.55. The number of hydrogen-bond acceptors (Lipinski definition) is 4. The van der Waals surface area contributed by atoms with Crippen LogP contribution in [0.1, 0.15) is 12.6 Å². The lowest BCUT2D eigenvalue weighted by molar-refractivity contribution is 0.746. The monoisotopic (exact) mass is 345 g/mol. The van der Waals surface area contributed by atoms with Gasteiger partial charge in [-0.1, -0.05) is 22.9 Å². The van der Waals surface area contributed by atoms with Gasteiger partial charge in [-0.25, -0.2) is 0 Å². The number of hydrogen-bond donors (Lipinski definition) is 2. The molecule has 108 valence electrons. The third kappa shape index (κ3) is 2.58. The number of anilines is 3. The summed E-state index contributed by atoms with van der Waals surface area (Å²) in [7, 11) is 1.91. The molecule has 0 saturated carbocycles. The molecule has 1 aromatic carbocycles. The minimum absolute atomic E-state index is 0.617. The Labute approximate surface area is 131 Å². The van der Waals surface area contributed by atoms with E-state index in [1.54, 1.807) is 10.9 Å². The summed E-state index contributed by atoms with van der Waals surface area (Å²) in [4.78, 5) is 4.37. The first-order valence-electron chi connectivity index (χ1n) is 6.71. The Bertz CT molecular complexity index is 804. The summed E-state index contributed by atoms with van der Waals surface area (Å²) < 4.78 is 2.80. The first-order valence-corrected chi connectivity index (χ1v) is 7.51. The molecule has 0 unspecified atom stereocenters. The van der Waals surface area contributed by atoms with Gasteiger partial charge in [-0.15, -0.1) is 0 Å². The minimum atomic E-state index is 0.617. The van der Waals surface area contributed by atoms with Crippen molar-refractivity contribution in [1.82, 2.24) is 14.8 Å². The lowest BCUT2D eigenvalue weighted by Crippen LogP contribution is -2.00. The Hall–Kier alpha value is -2.08. The molecule has 0 radical (unpaired) electrons. The molecule has 0 saturated heterocycles. The molecule has 0 bridgehead atoms. The van der Waals surface area contributed by atoms with Gasteiger partial charge in [-0.2, -0.15) is 5.10 Å². The van der Waals surface area contributed by atoms with Crippen molar-refractivity contribution < 1.29 is 0 Å². The van der Waals surface area contributed by atoms with Crippen molar-refractivity contribution in [2.24, 2.45) is 7.05 Å². The maximum Gasteiger partial charge on any atom is 0.0856 e. The van der Waals surface area contributed by atoms with E-state index in [-0.39, 0.29) is 0 Å². The fraction of sp³-hybridized carbons (Fsp3) is 0.200. The van der Waals surface area contributed by atoms with E-state index in [0.717, 1.165) is 38.9 Å². The van der Waals surface area contributed by atoms with Crippen LogP contribution in [0.3, 0.4) is 0 Å². The van der Waals surface area contributed by atoms with Gasteiger partial charge in [0.2, 0.25) is 0 Å². The maximum atomic E-state index is 6.12. The third-order valence-electron chi connectivity index (χ3n) is 3.36. The largest absolute Gasteiger partial charge is 0.396 e. The van der Waals surface area contributed by atoms with Crippen LogP contribution in [0, 0.1) is 0 Å². The standard InChI is InChI=1S/C15H16BrN5/c1-3-12-14(8-21(2)20-12)19-15-10-6-9(16)4-5-13(10)18-7-11(15)17/h4-8H,3,17H2,1-2H3,(H,18,19). The van der Waals surface area contributed by atoms with E-state index in [1.165, 1.54) is 0 Å². The second-order valence-corrected chi connectivity index (χ2v) is 5.81. The second-order valence-electron chi connectivity index (χ2n) is 4.89. The molecule has 0 aliphatic carbocycles. The van der Waals surface area contributed by atoms with Crippen molar-refractivity contribution in [1.29, 1.82) is 0 Å². The predicted octanol–water partition coefficient (Wildman–Crippen LogP) is 3.62. The molecule has 0 amide bonds. The average Bonchev–Trinajstić information content (AvgIpc) is 2.82. The van der Waals surface area contributed by atoms with E-state index in [0.29, 0.717) is 5.69 Å². The fourth-order valence-electron chi connectivity index (χ4n) is 2.35. The van der Waals surface area contributed by atoms with Gasteiger partial charge in [-0.3, -0.25) is 9.67 Å². The van der Waals surface area contributed by atoms with Crippen LogP contribution in [-0.4, -0.2) is 14.8 Å². The van der Waals surface area contributed by atoms with Crippen LogP contribution in [0.4, 0.5) is 17.1 Å². The molecule has 5 nitrogen and oxygen atoms in total. The van der Waals surface area contributed by atoms with Gasteiger partial charge in [0.1, 0.15) is 0 Å². The average molecular weight is 346 g/mol. The Morgan fingerprint density at radius 2 is 2.19 bits per heavy atom. The molecular weight excluding hydrogens is 330 g/mol. The summed E-state index contributed by atoms with van der Waals surface area (Å²) >= 11 is 3.50. The van der Waals surface area contributed by atoms with E-state index < -0.39 is 0 Å². The number of nitrogen functional groups attached to an aromatic ring is 1. The Balaban J connectivity index is 2.15. The Morgan fingerprint density at radius 1 is 1.38 bits per heavy atom. The van der Waals surface area contributed by atoms with Crippen LogP contribution < -0.4 is 11.1 Å². The lowest BCUT2D eigenvalue weighted by atomic mass is 10.1. The zero-order valence-electron chi connectivity index (χ0n) is 11.9. The first-order chi connectivity index (χ1) is 10.1. The van der Waals surface area contributed by atoms with Crippen molar-refractivity contribution in [3.8, 4) is 0 Å². The number of nitrogens with one attached hydrogen (secondary N) is 1. The molecule has 3 rings (SSSR count). The minimum Gasteiger partial charge on any atom is -0.396 e. The summed E-state index contributed by atoms with van der Waals surface area (Å²) in [6, 6.07) is 5.95. The van der Waals surface area contributed by atoms with Crippen LogP contribution in [0.15, 0.2) is 35.1 Å². The number of halogens is 1. The van der Waals surface area contributed by atoms with Gasteiger partial charge in [0.05, 0.1) is 34.5 Å². The molecule has 2 aromatic heterocycles. The molecule has 3 N–H and O–H groups in total. The zero-order valence-corrected chi connectivity index (χ0v) is 13.5. The van der Waals surface area contributed by atoms with Crippen molar-refractivity contribution >= 4 is 43.9 Å². The SMILES string of the molecule is CCc1nn(C)cc1Nc1c(N)cnc2ccc(Br)cc12. The van der Waals surface area contributed by atoms with Gasteiger partial charge >= 0.3 is 0 Å². The van der Waals surface area contributed by atoms with E-state index in [4.69, 9.17) is 5.73 Å². The zero-order chi connectivity index (χ0) is 15.0. The number of benzene rings is 1. The molecule has 2 heterocycles. The summed E-state index contributed by atoms with van der Waals surface area (Å²) in [5, 5.41) is 8.84. The van der Waals surface area contributed by atoms with Crippen molar-refractivity contribution in [3.63, 3.8) is 0 Å². The van der Waals surface area contributed by atoms with E-state index in [2.05, 4.69) is 38.3 Å². The summed E-state index contributed by atoms with van der Waals surface area (Å²) in [5.74, 6) is 0. The topological polar surface area (TPSA) is 68.8 Å². The van der Waals surface area contributed by atoms with Gasteiger partial charge < -0.3 is 11.1 Å². The molecule has 3 aromatic rings. The summed E-state index contributed by atoms with van der Waals surface area (Å²) in [6.45, 7) is 2.08. The number of nitrogens with zero attached hydrogens (tertiary/aromatic N) is 3. The van der Waals surface area contributed by atoms with Gasteiger partial charge in [0.15, 0.2) is 0 Å². The van der Waals surface area contributed by atoms with Crippen molar-refractivity contribution in [2.45, 2.75) is 13.3 Å². The number of nitrogens with two attached hydrogens (primary N) is 1. The number of pyridine rings is 1. The molecule has 0 spiro atoms. The van der Waals surface area contributed by atoms with Gasteiger partial charge in [0.25, 0.3) is 0 Å². The number of aryl methyl sites for hydroxylation is 2. The smallest absolute Gasteiger partial charge is 0.0856 e. The quantitative estimate of drug-likeness (QED) is 0.760. The molecule has 21 heavy (non-hydrogen) atoms. The highest BCUT2D eigenvalue weighted by molar-refractivity contribution is 9.10. The van der Waals surface area contributed by atoms with E-state index in [9.17, 15) is 0 Å². The number of aromatic nitrogens is 3. The normalized spacial score (nSPS) is 11.0. The van der Waals surface area contributed by atoms with Crippen molar-refractivity contribution in [3.05, 3.63) is 40.8 Å². The van der Waals surface area contributed by atoms with Gasteiger partial charge in [0, 0.05) is 23.1 Å². The van der Waals surface area contributed by atoms with Crippen LogP contribution in [-0.2, 0) is 13.5 Å². The lowest BCUT2D eigenvalue weighted by Gasteiger charge is -2.12. The predicted molar refractivity (Wildman–Crippen MR) is 89.7 cm³/mol. The molecule has 6 heteroatoms. The molecular formula is C15H16BrN5. The molecule has 0 aliphatic rings. The van der Waals surface area contributed by atoms with E-state index >= 15 is 0 Å². The second kappa shape index (κ2) is 5.37. The highest BCUT2D eigenvalue weighted by atomic mass is 79.9. The van der Waals surface area contributed by atoms with Crippen LogP contribution in [0.2, 0.25) is 0 Å². The highest BCUT2D eigenvalue weighted by Gasteiger charge is 2.11. The molecule has 0 fully saturated rings. The highest BCUT2D eigenvalue weighted by Crippen LogP contribution is 2.33. The third-order valence-corrected chi connectivity index (χ3v) is 3.85.